The Labute approximate surface area is 717 Å². The average molecular weight is 1560 g/mol. The molecule has 0 aliphatic carbocycles. The van der Waals surface area contributed by atoms with E-state index in [1.807, 2.05) is 18.2 Å². The van der Waals surface area contributed by atoms with Crippen molar-refractivity contribution in [2.24, 2.45) is 0 Å². The van der Waals surface area contributed by atoms with E-state index in [1.54, 1.807) is 4.57 Å². The molecule has 578 valence electrons. The molecular formula is C114H89BN6. The summed E-state index contributed by atoms with van der Waals surface area (Å²) in [5, 5.41) is 6.80. The minimum absolute atomic E-state index is 0.00135. The zero-order chi connectivity index (χ0) is 88.4. The van der Waals surface area contributed by atoms with Crippen LogP contribution in [0.4, 0.5) is 34.1 Å². The maximum absolute atomic E-state index is 10.0. The second-order valence-corrected chi connectivity index (χ2v) is 35.9. The summed E-state index contributed by atoms with van der Waals surface area (Å²) in [6.07, 6.45) is 0. The van der Waals surface area contributed by atoms with Crippen LogP contribution < -0.4 is 26.2 Å². The molecule has 0 unspecified atom stereocenters. The fourth-order valence-electron chi connectivity index (χ4n) is 19.7. The Morgan fingerprint density at radius 2 is 0.579 bits per heavy atom. The van der Waals surface area contributed by atoms with Crippen LogP contribution in [0, 0.1) is 0 Å². The first-order valence-corrected chi connectivity index (χ1v) is 42.0. The van der Waals surface area contributed by atoms with E-state index in [1.165, 1.54) is 38.2 Å². The van der Waals surface area contributed by atoms with Gasteiger partial charge in [-0.2, -0.15) is 0 Å². The van der Waals surface area contributed by atoms with Crippen molar-refractivity contribution >= 4 is 144 Å². The molecule has 0 fully saturated rings. The average Bonchev–Trinajstić information content (AvgIpc) is 1.61. The smallest absolute Gasteiger partial charge is 0.252 e. The van der Waals surface area contributed by atoms with E-state index >= 15 is 0 Å². The maximum atomic E-state index is 10.0. The van der Waals surface area contributed by atoms with Crippen molar-refractivity contribution in [3.63, 3.8) is 0 Å². The molecule has 0 spiro atoms. The molecule has 0 atom stereocenters. The van der Waals surface area contributed by atoms with Crippen LogP contribution in [0.1, 0.15) is 90.0 Å². The van der Waals surface area contributed by atoms with Gasteiger partial charge in [-0.15, -0.1) is 0 Å². The number of aromatic nitrogens is 4. The van der Waals surface area contributed by atoms with Crippen molar-refractivity contribution in [1.29, 1.82) is 0 Å². The van der Waals surface area contributed by atoms with Crippen molar-refractivity contribution in [3.05, 3.63) is 393 Å². The zero-order valence-corrected chi connectivity index (χ0v) is 68.9. The molecule has 6 heterocycles. The molecule has 2 aliphatic rings. The monoisotopic (exact) mass is 1560 g/mol. The van der Waals surface area contributed by atoms with E-state index in [-0.39, 0.29) is 50.1 Å². The Morgan fingerprint density at radius 3 is 1.04 bits per heavy atom. The molecule has 17 aromatic carbocycles. The quantitative estimate of drug-likeness (QED) is 0.128. The summed E-state index contributed by atoms with van der Waals surface area (Å²) < 4.78 is 85.8. The Balaban J connectivity index is 0.914. The number of rotatable bonds is 10. The minimum atomic E-state index is -0.578. The van der Waals surface area contributed by atoms with E-state index in [9.17, 15) is 11.0 Å². The van der Waals surface area contributed by atoms with Gasteiger partial charge in [0.25, 0.3) is 6.71 Å². The van der Waals surface area contributed by atoms with E-state index in [0.717, 1.165) is 156 Å². The molecule has 121 heavy (non-hydrogen) atoms. The van der Waals surface area contributed by atoms with Gasteiger partial charge in [0.05, 0.1) is 66.5 Å². The number of anilines is 6. The van der Waals surface area contributed by atoms with Gasteiger partial charge < -0.3 is 28.1 Å². The van der Waals surface area contributed by atoms with Gasteiger partial charge in [-0.3, -0.25) is 0 Å². The van der Waals surface area contributed by atoms with Gasteiger partial charge >= 0.3 is 0 Å². The molecule has 0 N–H and O–H groups in total. The molecule has 0 bridgehead atoms. The van der Waals surface area contributed by atoms with Gasteiger partial charge in [-0.1, -0.05) is 299 Å². The van der Waals surface area contributed by atoms with Crippen LogP contribution in [0.5, 0.6) is 0 Å². The van der Waals surface area contributed by atoms with Gasteiger partial charge in [-0.05, 0) is 222 Å². The van der Waals surface area contributed by atoms with Crippen LogP contribution in [-0.2, 0) is 16.2 Å². The number of nitrogens with zero attached hydrogens (tertiary/aromatic N) is 6. The fourth-order valence-corrected chi connectivity index (χ4v) is 19.7. The summed E-state index contributed by atoms with van der Waals surface area (Å²) in [6.45, 7) is 20.1. The molecule has 0 saturated carbocycles. The van der Waals surface area contributed by atoms with Gasteiger partial charge in [0.15, 0.2) is 0 Å². The van der Waals surface area contributed by atoms with Crippen LogP contribution in [0.2, 0.25) is 0 Å². The first kappa shape index (κ1) is 63.7. The lowest BCUT2D eigenvalue weighted by atomic mass is 9.33. The molecule has 7 heteroatoms. The largest absolute Gasteiger partial charge is 0.311 e. The third kappa shape index (κ3) is 11.4. The fraction of sp³-hybridized carbons (Fsp3) is 0.105. The van der Waals surface area contributed by atoms with E-state index in [2.05, 4.69) is 395 Å². The summed E-state index contributed by atoms with van der Waals surface area (Å²) in [5.41, 5.74) is 28.9. The lowest BCUT2D eigenvalue weighted by molar-refractivity contribution is 0.590. The number of hydrogen-bond acceptors (Lipinski definition) is 2. The van der Waals surface area contributed by atoms with E-state index in [0.29, 0.717) is 5.69 Å². The zero-order valence-electron chi connectivity index (χ0n) is 76.9. The molecule has 6 nitrogen and oxygen atoms in total. The molecule has 0 amide bonds. The summed E-state index contributed by atoms with van der Waals surface area (Å²) in [5.74, 6) is 0. The molecule has 0 radical (unpaired) electrons. The molecular weight excluding hydrogens is 1460 g/mol. The van der Waals surface area contributed by atoms with E-state index < -0.39 is 43.0 Å². The van der Waals surface area contributed by atoms with Crippen LogP contribution in [0.15, 0.2) is 376 Å². The molecule has 2 aliphatic heterocycles. The second-order valence-electron chi connectivity index (χ2n) is 35.9. The third-order valence-electron chi connectivity index (χ3n) is 25.6. The van der Waals surface area contributed by atoms with Crippen molar-refractivity contribution in [2.75, 3.05) is 9.80 Å². The summed E-state index contributed by atoms with van der Waals surface area (Å²) >= 11 is 0. The van der Waals surface area contributed by atoms with Gasteiger partial charge in [-0.25, -0.2) is 0 Å². The Morgan fingerprint density at radius 1 is 0.231 bits per heavy atom. The van der Waals surface area contributed by atoms with Gasteiger partial charge in [0.1, 0.15) is 0 Å². The topological polar surface area (TPSA) is 26.2 Å². The number of benzene rings is 17. The highest BCUT2D eigenvalue weighted by Gasteiger charge is 2.46. The van der Waals surface area contributed by atoms with Crippen molar-refractivity contribution in [1.82, 2.24) is 18.3 Å². The molecule has 23 rings (SSSR count). The first-order valence-electron chi connectivity index (χ1n) is 46.0. The van der Waals surface area contributed by atoms with Crippen molar-refractivity contribution in [2.45, 2.75) is 78.6 Å². The SMILES string of the molecule is [2H]c1c([2H])c([2H])c2c(c1[2H])c1c([2H])c([2H])c([2H])c([2H])c1n2-c1ccc2c(c1)N(c1cc(-c3ccccc3)cc(-c3ccccc3)c1)c1cc(-n3c4ccccc4c4cc(-n5c6ccccc6c6ccccc65)ccc43)cc3c1B2c1ccc(-n2c4ccc(C(C)(C)C)cc4c4cc(C(C)(C)C)ccc42)cc1N3c1c(-c2ccccc2)cc(C(C)(C)C)cc1-c1ccccc1. The third-order valence-corrected chi connectivity index (χ3v) is 25.6. The highest BCUT2D eigenvalue weighted by Crippen LogP contribution is 2.55. The predicted molar refractivity (Wildman–Crippen MR) is 516 cm³/mol. The van der Waals surface area contributed by atoms with Gasteiger partial charge in [0.2, 0.25) is 0 Å². The molecule has 4 aromatic heterocycles. The highest BCUT2D eigenvalue weighted by atomic mass is 15.2. The highest BCUT2D eigenvalue weighted by molar-refractivity contribution is 7.00. The van der Waals surface area contributed by atoms with E-state index in [4.69, 9.17) is 0 Å². The molecule has 0 saturated heterocycles. The molecule has 21 aromatic rings. The van der Waals surface area contributed by atoms with Crippen LogP contribution >= 0.6 is 0 Å². The Kier molecular flexibility index (Phi) is 14.3. The Bertz CT molecular complexity index is 8040. The minimum Gasteiger partial charge on any atom is -0.311 e. The van der Waals surface area contributed by atoms with Crippen molar-refractivity contribution in [3.8, 4) is 67.3 Å². The standard InChI is InChI=1S/C114H89BN6/c1-112(2,3)78-50-57-103-93(63-78)94-64-79(113(4,5)6)51-58-104(94)118(103)83-53-56-97-107(69-83)121(111-91(74-36-18-12-19-37-74)65-80(114(7,8)9)66-92(111)75-38-20-13-21-39-75)109-71-85(119-102-49-31-26-44-90(102)95-67-81(54-59-105(95)119)116-98-45-27-22-40-86(98)87-41-23-28-46-99(87)116)70-108-110(109)115(97)96-55-52-82(117-100-47-29-24-42-88(100)89-43-25-30-48-101(89)117)68-106(96)120(108)84-61-76(72-32-14-10-15-33-72)60-77(62-84)73-34-16-11-17-35-73/h10-71H,1-9H3/i24D,25D,29D,30D,42D,43D,47D,48D. The summed E-state index contributed by atoms with van der Waals surface area (Å²) in [4.78, 5) is 5.04. The maximum Gasteiger partial charge on any atom is 0.252 e. The second kappa shape index (κ2) is 27.1. The summed E-state index contributed by atoms with van der Waals surface area (Å²) in [7, 11) is 0. The lowest BCUT2D eigenvalue weighted by Gasteiger charge is -2.45. The first-order chi connectivity index (χ1) is 62.2. The Hall–Kier alpha value is -14.4. The number of hydrogen-bond donors (Lipinski definition) is 0. The lowest BCUT2D eigenvalue weighted by Crippen LogP contribution is -2.61. The predicted octanol–water partition coefficient (Wildman–Crippen LogP) is 28.7. The van der Waals surface area contributed by atoms with Gasteiger partial charge in [0, 0.05) is 99.7 Å². The summed E-state index contributed by atoms with van der Waals surface area (Å²) in [6, 6.07) is 116. The van der Waals surface area contributed by atoms with Crippen LogP contribution in [0.25, 0.3) is 154 Å². The van der Waals surface area contributed by atoms with Crippen LogP contribution in [-0.4, -0.2) is 25.0 Å². The number of fused-ring (bicyclic) bond motifs is 16. The number of para-hydroxylation sites is 5. The van der Waals surface area contributed by atoms with Crippen molar-refractivity contribution < 1.29 is 11.0 Å². The normalized spacial score (nSPS) is 13.9. The van der Waals surface area contributed by atoms with Crippen LogP contribution in [0.3, 0.4) is 0 Å².